The third kappa shape index (κ3) is 9.51. The smallest absolute Gasteiger partial charge is 0.191 e. The molecule has 0 amide bonds. The summed E-state index contributed by atoms with van der Waals surface area (Å²) in [4.78, 5) is 4.32. The van der Waals surface area contributed by atoms with Gasteiger partial charge in [-0.2, -0.15) is 0 Å². The molecule has 0 radical (unpaired) electrons. The highest BCUT2D eigenvalue weighted by atomic mass is 127. The second-order valence-electron chi connectivity index (χ2n) is 8.05. The molecule has 2 aliphatic rings. The Hall–Kier alpha value is -1.10. The van der Waals surface area contributed by atoms with Crippen molar-refractivity contribution in [3.8, 4) is 5.75 Å². The van der Waals surface area contributed by atoms with Gasteiger partial charge in [0, 0.05) is 58.5 Å². The predicted octanol–water partition coefficient (Wildman–Crippen LogP) is 3.28. The Bertz CT molecular complexity index is 662. The van der Waals surface area contributed by atoms with Crippen molar-refractivity contribution in [2.24, 2.45) is 10.9 Å². The van der Waals surface area contributed by atoms with Crippen LogP contribution in [0, 0.1) is 12.8 Å². The average Bonchev–Trinajstić information content (AvgIpc) is 3.27. The minimum absolute atomic E-state index is 0. The Morgan fingerprint density at radius 2 is 1.94 bits per heavy atom. The summed E-state index contributed by atoms with van der Waals surface area (Å²) < 4.78 is 22.8. The van der Waals surface area contributed by atoms with Crippen molar-refractivity contribution >= 4 is 29.9 Å². The molecule has 1 unspecified atom stereocenters. The van der Waals surface area contributed by atoms with E-state index in [0.717, 1.165) is 82.5 Å². The van der Waals surface area contributed by atoms with Gasteiger partial charge in [-0.25, -0.2) is 0 Å². The number of hydrogen-bond donors (Lipinski definition) is 2. The van der Waals surface area contributed by atoms with E-state index in [4.69, 9.17) is 18.9 Å². The van der Waals surface area contributed by atoms with Gasteiger partial charge in [-0.05, 0) is 43.7 Å². The first kappa shape index (κ1) is 26.2. The number of nitrogens with zero attached hydrogens (tertiary/aromatic N) is 1. The third-order valence-electron chi connectivity index (χ3n) is 5.53. The number of hydrogen-bond acceptors (Lipinski definition) is 5. The van der Waals surface area contributed by atoms with E-state index in [-0.39, 0.29) is 30.1 Å². The summed E-state index contributed by atoms with van der Waals surface area (Å²) in [5.74, 6) is 2.37. The molecular formula is C23H38IN3O4. The van der Waals surface area contributed by atoms with Gasteiger partial charge in [0.05, 0.1) is 13.2 Å². The highest BCUT2D eigenvalue weighted by Gasteiger charge is 2.19. The Balaban J connectivity index is 0.00000341. The van der Waals surface area contributed by atoms with Gasteiger partial charge < -0.3 is 29.6 Å². The molecule has 31 heavy (non-hydrogen) atoms. The van der Waals surface area contributed by atoms with E-state index in [9.17, 15) is 0 Å². The third-order valence-corrected chi connectivity index (χ3v) is 5.53. The first-order valence-electron chi connectivity index (χ1n) is 11.2. The van der Waals surface area contributed by atoms with E-state index >= 15 is 0 Å². The van der Waals surface area contributed by atoms with Crippen LogP contribution in [0.5, 0.6) is 5.75 Å². The van der Waals surface area contributed by atoms with E-state index < -0.39 is 0 Å². The molecule has 2 fully saturated rings. The summed E-state index contributed by atoms with van der Waals surface area (Å²) in [6.07, 6.45) is 4.27. The lowest BCUT2D eigenvalue weighted by atomic mass is 10.0. The van der Waals surface area contributed by atoms with E-state index in [0.29, 0.717) is 19.1 Å². The Morgan fingerprint density at radius 3 is 2.68 bits per heavy atom. The lowest BCUT2D eigenvalue weighted by Crippen LogP contribution is -2.37. The van der Waals surface area contributed by atoms with Crippen LogP contribution in [0.3, 0.4) is 0 Å². The van der Waals surface area contributed by atoms with Crippen molar-refractivity contribution in [3.05, 3.63) is 29.3 Å². The summed E-state index contributed by atoms with van der Waals surface area (Å²) in [5, 5.41) is 6.75. The molecule has 8 heteroatoms. The van der Waals surface area contributed by atoms with Gasteiger partial charge in [0.25, 0.3) is 0 Å². The molecule has 0 saturated carbocycles. The fourth-order valence-corrected chi connectivity index (χ4v) is 3.65. The number of rotatable bonds is 10. The average molecular weight is 547 g/mol. The number of ether oxygens (including phenoxy) is 4. The minimum Gasteiger partial charge on any atom is -0.488 e. The van der Waals surface area contributed by atoms with E-state index in [1.54, 1.807) is 7.05 Å². The molecule has 1 atom stereocenters. The Kier molecular flexibility index (Phi) is 12.5. The van der Waals surface area contributed by atoms with Crippen molar-refractivity contribution < 1.29 is 18.9 Å². The zero-order valence-corrected chi connectivity index (χ0v) is 21.2. The van der Waals surface area contributed by atoms with Gasteiger partial charge in [0.15, 0.2) is 5.96 Å². The molecule has 2 N–H and O–H groups in total. The van der Waals surface area contributed by atoms with Crippen LogP contribution in [0.25, 0.3) is 0 Å². The summed E-state index contributed by atoms with van der Waals surface area (Å²) in [6.45, 7) is 8.37. The lowest BCUT2D eigenvalue weighted by Gasteiger charge is -2.21. The van der Waals surface area contributed by atoms with Crippen LogP contribution in [0.4, 0.5) is 0 Å². The van der Waals surface area contributed by atoms with E-state index in [2.05, 4.69) is 40.7 Å². The highest BCUT2D eigenvalue weighted by Crippen LogP contribution is 2.23. The molecular weight excluding hydrogens is 509 g/mol. The standard InChI is InChI=1S/C23H37N3O4.HI/c1-18-4-5-20(22(14-18)30-21-8-13-29-17-21)15-26-23(24-2)25-9-3-10-28-16-19-6-11-27-12-7-19;/h4-5,14,19,21H,3,6-13,15-17H2,1-2H3,(H2,24,25,26);1H. The van der Waals surface area contributed by atoms with Crippen molar-refractivity contribution in [3.63, 3.8) is 0 Å². The number of benzene rings is 1. The van der Waals surface area contributed by atoms with Crippen LogP contribution in [-0.2, 0) is 20.8 Å². The van der Waals surface area contributed by atoms with Crippen LogP contribution in [0.15, 0.2) is 23.2 Å². The van der Waals surface area contributed by atoms with Gasteiger partial charge >= 0.3 is 0 Å². The quantitative estimate of drug-likeness (QED) is 0.203. The molecule has 176 valence electrons. The van der Waals surface area contributed by atoms with Gasteiger partial charge in [-0.1, -0.05) is 12.1 Å². The maximum atomic E-state index is 6.18. The van der Waals surface area contributed by atoms with Crippen molar-refractivity contribution in [1.82, 2.24) is 10.6 Å². The first-order chi connectivity index (χ1) is 14.7. The van der Waals surface area contributed by atoms with Crippen molar-refractivity contribution in [1.29, 1.82) is 0 Å². The summed E-state index contributed by atoms with van der Waals surface area (Å²) >= 11 is 0. The van der Waals surface area contributed by atoms with Crippen molar-refractivity contribution in [2.45, 2.75) is 45.3 Å². The number of halogens is 1. The Morgan fingerprint density at radius 1 is 1.13 bits per heavy atom. The first-order valence-corrected chi connectivity index (χ1v) is 11.2. The highest BCUT2D eigenvalue weighted by molar-refractivity contribution is 14.0. The second-order valence-corrected chi connectivity index (χ2v) is 8.05. The fraction of sp³-hybridized carbons (Fsp3) is 0.696. The normalized spacial score (nSPS) is 19.7. The maximum Gasteiger partial charge on any atom is 0.191 e. The van der Waals surface area contributed by atoms with Gasteiger partial charge in [0.1, 0.15) is 11.9 Å². The molecule has 2 saturated heterocycles. The number of nitrogens with one attached hydrogen (secondary N) is 2. The molecule has 7 nitrogen and oxygen atoms in total. The molecule has 2 aliphatic heterocycles. The fourth-order valence-electron chi connectivity index (χ4n) is 3.65. The van der Waals surface area contributed by atoms with Gasteiger partial charge in [-0.3, -0.25) is 4.99 Å². The molecule has 3 rings (SSSR count). The molecule has 1 aromatic carbocycles. The SMILES string of the molecule is CN=C(NCCCOCC1CCOCC1)NCc1ccc(C)cc1OC1CCOC1.I. The Labute approximate surface area is 203 Å². The predicted molar refractivity (Wildman–Crippen MR) is 134 cm³/mol. The molecule has 0 spiro atoms. The van der Waals surface area contributed by atoms with Gasteiger partial charge in [0.2, 0.25) is 0 Å². The van der Waals surface area contributed by atoms with Crippen LogP contribution in [-0.4, -0.2) is 65.3 Å². The molecule has 0 bridgehead atoms. The van der Waals surface area contributed by atoms with Crippen LogP contribution in [0.1, 0.15) is 36.8 Å². The molecule has 1 aromatic rings. The monoisotopic (exact) mass is 547 g/mol. The molecule has 0 aromatic heterocycles. The van der Waals surface area contributed by atoms with Crippen LogP contribution >= 0.6 is 24.0 Å². The summed E-state index contributed by atoms with van der Waals surface area (Å²) in [5.41, 5.74) is 2.31. The second kappa shape index (κ2) is 14.9. The van der Waals surface area contributed by atoms with Crippen LogP contribution < -0.4 is 15.4 Å². The lowest BCUT2D eigenvalue weighted by molar-refractivity contribution is 0.0203. The van der Waals surface area contributed by atoms with Crippen LogP contribution in [0.2, 0.25) is 0 Å². The number of guanidine groups is 1. The zero-order chi connectivity index (χ0) is 21.0. The zero-order valence-electron chi connectivity index (χ0n) is 18.9. The maximum absolute atomic E-state index is 6.18. The molecule has 0 aliphatic carbocycles. The van der Waals surface area contributed by atoms with E-state index in [1.807, 2.05) is 0 Å². The molecule has 2 heterocycles. The number of aryl methyl sites for hydroxylation is 1. The largest absolute Gasteiger partial charge is 0.488 e. The van der Waals surface area contributed by atoms with E-state index in [1.165, 1.54) is 5.56 Å². The summed E-state index contributed by atoms with van der Waals surface area (Å²) in [6, 6.07) is 6.33. The van der Waals surface area contributed by atoms with Crippen molar-refractivity contribution in [2.75, 3.05) is 53.2 Å². The number of aliphatic imine (C=N–C) groups is 1. The topological polar surface area (TPSA) is 73.3 Å². The summed E-state index contributed by atoms with van der Waals surface area (Å²) in [7, 11) is 1.79. The van der Waals surface area contributed by atoms with Gasteiger partial charge in [-0.15, -0.1) is 24.0 Å². The minimum atomic E-state index is 0.